The van der Waals surface area contributed by atoms with Crippen LogP contribution < -0.4 is 0 Å². The van der Waals surface area contributed by atoms with Crippen molar-refractivity contribution in [3.8, 4) is 0 Å². The second-order valence-corrected chi connectivity index (χ2v) is 9.41. The second kappa shape index (κ2) is 5.49. The lowest BCUT2D eigenvalue weighted by Crippen LogP contribution is -2.21. The van der Waals surface area contributed by atoms with Crippen LogP contribution in [-0.4, -0.2) is 27.6 Å². The maximum atomic E-state index is 5.29. The molecule has 0 unspecified atom stereocenters. The lowest BCUT2D eigenvalue weighted by atomic mass is 10.8. The Bertz CT molecular complexity index is 118. The fourth-order valence-corrected chi connectivity index (χ4v) is 1.33. The quantitative estimate of drug-likeness (QED) is 0.355. The van der Waals surface area contributed by atoms with Crippen LogP contribution in [0.2, 0.25) is 25.7 Å². The van der Waals surface area contributed by atoms with Gasteiger partial charge in [-0.2, -0.15) is 0 Å². The summed E-state index contributed by atoms with van der Waals surface area (Å²) in [7, 11) is -0.894. The Kier molecular flexibility index (Phi) is 5.41. The molecular formula is C8H19NOSi. The van der Waals surface area contributed by atoms with E-state index in [4.69, 9.17) is 4.74 Å². The smallest absolute Gasteiger partial charge is 0.136 e. The minimum Gasteiger partial charge on any atom is -0.360 e. The van der Waals surface area contributed by atoms with Crippen LogP contribution in [0.15, 0.2) is 4.99 Å². The van der Waals surface area contributed by atoms with Crippen LogP contribution in [0, 0.1) is 0 Å². The van der Waals surface area contributed by atoms with Crippen molar-refractivity contribution in [3.63, 3.8) is 0 Å². The van der Waals surface area contributed by atoms with Crippen LogP contribution in [0.4, 0.5) is 0 Å². The van der Waals surface area contributed by atoms with E-state index >= 15 is 0 Å². The zero-order valence-corrected chi connectivity index (χ0v) is 9.05. The molecule has 0 saturated carbocycles. The first-order valence-corrected chi connectivity index (χ1v) is 7.79. The highest BCUT2D eigenvalue weighted by molar-refractivity contribution is 6.76. The molecule has 0 radical (unpaired) electrons. The number of hydrogen-bond acceptors (Lipinski definition) is 2. The summed E-state index contributed by atoms with van der Waals surface area (Å²) in [6.45, 7) is 10.3. The minimum absolute atomic E-state index is 0.529. The molecule has 11 heavy (non-hydrogen) atoms. The molecule has 0 spiro atoms. The summed E-state index contributed by atoms with van der Waals surface area (Å²) in [5, 5.41) is 0. The Labute approximate surface area is 70.7 Å². The molecule has 0 rings (SSSR count). The van der Waals surface area contributed by atoms with E-state index in [2.05, 4.69) is 24.6 Å². The van der Waals surface area contributed by atoms with E-state index in [1.165, 1.54) is 6.04 Å². The molecule has 0 aromatic rings. The third kappa shape index (κ3) is 9.85. The molecular weight excluding hydrogens is 154 g/mol. The lowest BCUT2D eigenvalue weighted by Gasteiger charge is -2.14. The molecule has 0 aromatic carbocycles. The molecule has 0 aliphatic carbocycles. The van der Waals surface area contributed by atoms with Crippen molar-refractivity contribution in [2.24, 2.45) is 4.99 Å². The second-order valence-electron chi connectivity index (χ2n) is 3.79. The Morgan fingerprint density at radius 1 is 1.36 bits per heavy atom. The van der Waals surface area contributed by atoms with E-state index < -0.39 is 8.07 Å². The van der Waals surface area contributed by atoms with E-state index in [1.54, 1.807) is 6.21 Å². The predicted molar refractivity (Wildman–Crippen MR) is 53.1 cm³/mol. The van der Waals surface area contributed by atoms with Crippen LogP contribution in [0.3, 0.4) is 0 Å². The van der Waals surface area contributed by atoms with E-state index in [-0.39, 0.29) is 0 Å². The van der Waals surface area contributed by atoms with Gasteiger partial charge in [0.25, 0.3) is 0 Å². The Morgan fingerprint density at radius 3 is 2.45 bits per heavy atom. The predicted octanol–water partition coefficient (Wildman–Crippen LogP) is 2.39. The SMILES string of the molecule is CC=NCOCC[Si](C)(C)C. The van der Waals surface area contributed by atoms with Crippen molar-refractivity contribution in [1.29, 1.82) is 0 Å². The average molecular weight is 173 g/mol. The van der Waals surface area contributed by atoms with E-state index in [0.717, 1.165) is 6.61 Å². The van der Waals surface area contributed by atoms with Crippen molar-refractivity contribution in [1.82, 2.24) is 0 Å². The fourth-order valence-electron chi connectivity index (χ4n) is 0.570. The highest BCUT2D eigenvalue weighted by Gasteiger charge is 2.11. The molecule has 0 aromatic heterocycles. The molecule has 2 nitrogen and oxygen atoms in total. The molecule has 66 valence electrons. The summed E-state index contributed by atoms with van der Waals surface area (Å²) >= 11 is 0. The van der Waals surface area contributed by atoms with Gasteiger partial charge in [0.15, 0.2) is 0 Å². The molecule has 0 aliphatic rings. The first kappa shape index (κ1) is 10.8. The number of nitrogens with zero attached hydrogens (tertiary/aromatic N) is 1. The van der Waals surface area contributed by atoms with Crippen molar-refractivity contribution >= 4 is 14.3 Å². The number of aliphatic imine (C=N–C) groups is 1. The molecule has 0 bridgehead atoms. The highest BCUT2D eigenvalue weighted by atomic mass is 28.3. The van der Waals surface area contributed by atoms with Crippen LogP contribution in [0.1, 0.15) is 6.92 Å². The summed E-state index contributed by atoms with van der Waals surface area (Å²) < 4.78 is 5.29. The Balaban J connectivity index is 3.15. The van der Waals surface area contributed by atoms with Gasteiger partial charge in [0.05, 0.1) is 0 Å². The van der Waals surface area contributed by atoms with Gasteiger partial charge in [0, 0.05) is 14.7 Å². The lowest BCUT2D eigenvalue weighted by molar-refractivity contribution is 0.156. The summed E-state index contributed by atoms with van der Waals surface area (Å²) in [4.78, 5) is 3.96. The standard InChI is InChI=1S/C8H19NOSi/c1-5-9-8-10-6-7-11(2,3)4/h5H,6-8H2,1-4H3. The third-order valence-corrected chi connectivity index (χ3v) is 3.05. The van der Waals surface area contributed by atoms with E-state index in [1.807, 2.05) is 6.92 Å². The summed E-state index contributed by atoms with van der Waals surface area (Å²) in [5.74, 6) is 0. The van der Waals surface area contributed by atoms with Gasteiger partial charge in [-0.05, 0) is 19.2 Å². The average Bonchev–Trinajstić information content (AvgIpc) is 1.85. The van der Waals surface area contributed by atoms with Gasteiger partial charge in [-0.15, -0.1) is 0 Å². The van der Waals surface area contributed by atoms with Crippen LogP contribution >= 0.6 is 0 Å². The van der Waals surface area contributed by atoms with Gasteiger partial charge in [0.2, 0.25) is 0 Å². The fraction of sp³-hybridized carbons (Fsp3) is 0.875. The molecule has 0 amide bonds. The first-order chi connectivity index (χ1) is 5.06. The first-order valence-electron chi connectivity index (χ1n) is 4.08. The van der Waals surface area contributed by atoms with Gasteiger partial charge >= 0.3 is 0 Å². The van der Waals surface area contributed by atoms with Crippen molar-refractivity contribution in [2.75, 3.05) is 13.3 Å². The summed E-state index contributed by atoms with van der Waals surface area (Å²) in [5.41, 5.74) is 0. The third-order valence-electron chi connectivity index (χ3n) is 1.34. The zero-order valence-electron chi connectivity index (χ0n) is 8.05. The molecule has 3 heteroatoms. The Morgan fingerprint density at radius 2 is 2.00 bits per heavy atom. The molecule has 0 fully saturated rings. The van der Waals surface area contributed by atoms with Crippen LogP contribution in [-0.2, 0) is 4.74 Å². The summed E-state index contributed by atoms with van der Waals surface area (Å²) in [6, 6.07) is 1.23. The normalized spacial score (nSPS) is 12.7. The van der Waals surface area contributed by atoms with Crippen LogP contribution in [0.5, 0.6) is 0 Å². The van der Waals surface area contributed by atoms with Gasteiger partial charge in [0.1, 0.15) is 6.73 Å². The van der Waals surface area contributed by atoms with Crippen LogP contribution in [0.25, 0.3) is 0 Å². The molecule has 0 saturated heterocycles. The van der Waals surface area contributed by atoms with Gasteiger partial charge in [-0.25, -0.2) is 0 Å². The van der Waals surface area contributed by atoms with E-state index in [9.17, 15) is 0 Å². The Hall–Kier alpha value is -0.153. The minimum atomic E-state index is -0.894. The number of ether oxygens (including phenoxy) is 1. The number of rotatable bonds is 5. The van der Waals surface area contributed by atoms with Gasteiger partial charge < -0.3 is 4.74 Å². The zero-order chi connectivity index (χ0) is 8.74. The highest BCUT2D eigenvalue weighted by Crippen LogP contribution is 2.07. The molecule has 0 aliphatic heterocycles. The topological polar surface area (TPSA) is 21.6 Å². The maximum absolute atomic E-state index is 5.29. The molecule has 0 atom stereocenters. The maximum Gasteiger partial charge on any atom is 0.136 e. The van der Waals surface area contributed by atoms with Gasteiger partial charge in [-0.1, -0.05) is 19.6 Å². The van der Waals surface area contributed by atoms with Crippen molar-refractivity contribution < 1.29 is 4.74 Å². The van der Waals surface area contributed by atoms with Crippen molar-refractivity contribution in [3.05, 3.63) is 0 Å². The van der Waals surface area contributed by atoms with Crippen molar-refractivity contribution in [2.45, 2.75) is 32.6 Å². The molecule has 0 N–H and O–H groups in total. The van der Waals surface area contributed by atoms with Gasteiger partial charge in [-0.3, -0.25) is 4.99 Å². The largest absolute Gasteiger partial charge is 0.360 e. The monoisotopic (exact) mass is 173 g/mol. The summed E-state index contributed by atoms with van der Waals surface area (Å²) in [6.07, 6.45) is 1.77. The van der Waals surface area contributed by atoms with E-state index in [0.29, 0.717) is 6.73 Å². The molecule has 0 heterocycles. The number of hydrogen-bond donors (Lipinski definition) is 0.